The molecule has 1 unspecified atom stereocenters. The maximum Gasteiger partial charge on any atom is 0.339 e. The lowest BCUT2D eigenvalue weighted by atomic mass is 9.94. The maximum atomic E-state index is 12.4. The quantitative estimate of drug-likeness (QED) is 0.783. The van der Waals surface area contributed by atoms with Crippen molar-refractivity contribution in [3.63, 3.8) is 0 Å². The number of ether oxygens (including phenoxy) is 1. The molecule has 0 aliphatic carbocycles. The minimum Gasteiger partial charge on any atom is -0.454 e. The topological polar surface area (TPSA) is 29.5 Å². The van der Waals surface area contributed by atoms with Crippen LogP contribution in [0.2, 0.25) is 0 Å². The highest BCUT2D eigenvalue weighted by molar-refractivity contribution is 6.12. The molecule has 0 saturated carbocycles. The fourth-order valence-electron chi connectivity index (χ4n) is 3.09. The Labute approximate surface area is 125 Å². The second-order valence-electron chi connectivity index (χ2n) is 5.84. The van der Waals surface area contributed by atoms with Crippen LogP contribution in [0.15, 0.2) is 30.3 Å². The van der Waals surface area contributed by atoms with Crippen LogP contribution in [-0.2, 0) is 4.74 Å². The molecule has 0 bridgehead atoms. The fourth-order valence-corrected chi connectivity index (χ4v) is 3.09. The molecule has 3 nitrogen and oxygen atoms in total. The molecule has 2 aromatic rings. The van der Waals surface area contributed by atoms with Crippen molar-refractivity contribution in [3.05, 3.63) is 41.5 Å². The Morgan fingerprint density at radius 3 is 2.71 bits per heavy atom. The van der Waals surface area contributed by atoms with E-state index in [9.17, 15) is 4.79 Å². The van der Waals surface area contributed by atoms with Crippen molar-refractivity contribution in [2.75, 3.05) is 19.0 Å². The van der Waals surface area contributed by atoms with Gasteiger partial charge in [0.1, 0.15) is 6.10 Å². The summed E-state index contributed by atoms with van der Waals surface area (Å²) in [4.78, 5) is 14.4. The van der Waals surface area contributed by atoms with Crippen molar-refractivity contribution in [2.24, 2.45) is 0 Å². The third-order valence-corrected chi connectivity index (χ3v) is 4.16. The van der Waals surface area contributed by atoms with Gasteiger partial charge in [0.15, 0.2) is 0 Å². The highest BCUT2D eigenvalue weighted by Gasteiger charge is 2.33. The summed E-state index contributed by atoms with van der Waals surface area (Å²) >= 11 is 0. The number of anilines is 1. The molecule has 0 radical (unpaired) electrons. The predicted octanol–water partition coefficient (Wildman–Crippen LogP) is 4.31. The van der Waals surface area contributed by atoms with Crippen LogP contribution in [-0.4, -0.2) is 20.1 Å². The Bertz CT molecular complexity index is 691. The summed E-state index contributed by atoms with van der Waals surface area (Å²) < 4.78 is 5.62. The van der Waals surface area contributed by atoms with E-state index < -0.39 is 0 Å². The molecule has 1 aliphatic rings. The van der Waals surface area contributed by atoms with Gasteiger partial charge < -0.3 is 9.64 Å². The molecule has 0 aromatic heterocycles. The molecule has 0 saturated heterocycles. The number of hydrogen-bond donors (Lipinski definition) is 0. The summed E-state index contributed by atoms with van der Waals surface area (Å²) in [6.07, 6.45) is 3.02. The molecule has 1 aliphatic heterocycles. The average Bonchev–Trinajstić information content (AvgIpc) is 2.81. The lowest BCUT2D eigenvalue weighted by Gasteiger charge is -2.17. The van der Waals surface area contributed by atoms with E-state index in [1.54, 1.807) is 0 Å². The number of rotatable bonds is 4. The number of hydrogen-bond acceptors (Lipinski definition) is 3. The number of carbonyl (C=O) groups is 1. The molecule has 110 valence electrons. The normalized spacial score (nSPS) is 16.9. The zero-order valence-electron chi connectivity index (χ0n) is 12.8. The Hall–Kier alpha value is -2.03. The van der Waals surface area contributed by atoms with Crippen molar-refractivity contribution in [1.29, 1.82) is 0 Å². The van der Waals surface area contributed by atoms with Crippen LogP contribution < -0.4 is 4.90 Å². The van der Waals surface area contributed by atoms with Crippen molar-refractivity contribution in [2.45, 2.75) is 32.3 Å². The monoisotopic (exact) mass is 283 g/mol. The molecule has 21 heavy (non-hydrogen) atoms. The molecule has 0 fully saturated rings. The number of unbranched alkanes of at least 4 members (excludes halogenated alkanes) is 1. The Morgan fingerprint density at radius 1 is 1.19 bits per heavy atom. The van der Waals surface area contributed by atoms with E-state index >= 15 is 0 Å². The van der Waals surface area contributed by atoms with Gasteiger partial charge in [-0.3, -0.25) is 0 Å². The molecule has 0 N–H and O–H groups in total. The molecule has 2 aromatic carbocycles. The minimum absolute atomic E-state index is 0.0768. The van der Waals surface area contributed by atoms with E-state index in [1.807, 2.05) is 20.2 Å². The molecular weight excluding hydrogens is 262 g/mol. The van der Waals surface area contributed by atoms with E-state index in [0.29, 0.717) is 0 Å². The summed E-state index contributed by atoms with van der Waals surface area (Å²) in [7, 11) is 4.01. The van der Waals surface area contributed by atoms with E-state index in [2.05, 4.69) is 36.1 Å². The van der Waals surface area contributed by atoms with Gasteiger partial charge in [0, 0.05) is 30.7 Å². The summed E-state index contributed by atoms with van der Waals surface area (Å²) in [6, 6.07) is 10.3. The first-order chi connectivity index (χ1) is 10.1. The number of benzene rings is 2. The van der Waals surface area contributed by atoms with E-state index in [-0.39, 0.29) is 12.1 Å². The Balaban J connectivity index is 2.20. The summed E-state index contributed by atoms with van der Waals surface area (Å²) in [5.74, 6) is -0.175. The molecular formula is C18H21NO2. The van der Waals surface area contributed by atoms with Crippen LogP contribution in [0.4, 0.5) is 5.69 Å². The van der Waals surface area contributed by atoms with E-state index in [0.717, 1.165) is 46.8 Å². The van der Waals surface area contributed by atoms with Gasteiger partial charge in [0.2, 0.25) is 0 Å². The number of esters is 1. The number of fused-ring (bicyclic) bond motifs is 3. The summed E-state index contributed by atoms with van der Waals surface area (Å²) in [5, 5.41) is 2.11. The molecule has 3 heteroatoms. The first-order valence-corrected chi connectivity index (χ1v) is 7.57. The molecule has 3 rings (SSSR count). The van der Waals surface area contributed by atoms with Gasteiger partial charge in [-0.25, -0.2) is 4.79 Å². The van der Waals surface area contributed by atoms with E-state index in [4.69, 9.17) is 4.74 Å². The largest absolute Gasteiger partial charge is 0.454 e. The fraction of sp³-hybridized carbons (Fsp3) is 0.389. The van der Waals surface area contributed by atoms with Crippen LogP contribution in [0.25, 0.3) is 10.8 Å². The van der Waals surface area contributed by atoms with Crippen molar-refractivity contribution < 1.29 is 9.53 Å². The van der Waals surface area contributed by atoms with Gasteiger partial charge in [0.05, 0.1) is 5.56 Å². The average molecular weight is 283 g/mol. The van der Waals surface area contributed by atoms with Gasteiger partial charge in [-0.1, -0.05) is 37.6 Å². The van der Waals surface area contributed by atoms with Gasteiger partial charge >= 0.3 is 5.97 Å². The highest BCUT2D eigenvalue weighted by Crippen LogP contribution is 2.41. The van der Waals surface area contributed by atoms with Gasteiger partial charge in [0.25, 0.3) is 0 Å². The first-order valence-electron chi connectivity index (χ1n) is 7.57. The zero-order chi connectivity index (χ0) is 15.0. The first kappa shape index (κ1) is 13.9. The van der Waals surface area contributed by atoms with E-state index in [1.165, 1.54) is 0 Å². The van der Waals surface area contributed by atoms with Crippen molar-refractivity contribution in [1.82, 2.24) is 0 Å². The highest BCUT2D eigenvalue weighted by atomic mass is 16.5. The summed E-state index contributed by atoms with van der Waals surface area (Å²) in [5.41, 5.74) is 2.88. The van der Waals surface area contributed by atoms with Crippen molar-refractivity contribution >= 4 is 22.4 Å². The standard InChI is InChI=1S/C18H21NO2/c1-4-5-9-15-13-11-10-12-7-6-8-14(19(2)3)16(12)17(13)18(20)21-15/h6-8,10-11,15H,4-5,9H2,1-3H3. The third kappa shape index (κ3) is 2.27. The molecule has 1 heterocycles. The SMILES string of the molecule is CCCCC1OC(=O)c2c1ccc1cccc(N(C)C)c21. The maximum absolute atomic E-state index is 12.4. The number of nitrogens with zero attached hydrogens (tertiary/aromatic N) is 1. The van der Waals surface area contributed by atoms with Crippen LogP contribution in [0.1, 0.15) is 48.2 Å². The molecule has 1 atom stereocenters. The Kier molecular flexibility index (Phi) is 3.58. The lowest BCUT2D eigenvalue weighted by molar-refractivity contribution is 0.0365. The van der Waals surface area contributed by atoms with Crippen LogP contribution in [0.5, 0.6) is 0 Å². The van der Waals surface area contributed by atoms with Gasteiger partial charge in [-0.2, -0.15) is 0 Å². The predicted molar refractivity (Wildman–Crippen MR) is 86.0 cm³/mol. The molecule has 0 spiro atoms. The zero-order valence-corrected chi connectivity index (χ0v) is 12.8. The van der Waals surface area contributed by atoms with Crippen molar-refractivity contribution in [3.8, 4) is 0 Å². The second kappa shape index (κ2) is 5.40. The molecule has 0 amide bonds. The smallest absolute Gasteiger partial charge is 0.339 e. The number of cyclic esters (lactones) is 1. The summed E-state index contributed by atoms with van der Waals surface area (Å²) in [6.45, 7) is 2.15. The lowest BCUT2D eigenvalue weighted by Crippen LogP contribution is -2.10. The number of carbonyl (C=O) groups excluding carboxylic acids is 1. The van der Waals surface area contributed by atoms with Crippen LogP contribution in [0.3, 0.4) is 0 Å². The Morgan fingerprint density at radius 2 is 2.00 bits per heavy atom. The van der Waals surface area contributed by atoms with Gasteiger partial charge in [-0.05, 0) is 24.3 Å². The minimum atomic E-state index is -0.175. The van der Waals surface area contributed by atoms with Crippen LogP contribution in [0, 0.1) is 0 Å². The second-order valence-corrected chi connectivity index (χ2v) is 5.84. The third-order valence-electron chi connectivity index (χ3n) is 4.16. The van der Waals surface area contributed by atoms with Gasteiger partial charge in [-0.15, -0.1) is 0 Å². The van der Waals surface area contributed by atoms with Crippen LogP contribution >= 0.6 is 0 Å².